The van der Waals surface area contributed by atoms with Crippen molar-refractivity contribution in [3.63, 3.8) is 0 Å². The van der Waals surface area contributed by atoms with Gasteiger partial charge in [-0.25, -0.2) is 0 Å². The monoisotopic (exact) mass is 319 g/mol. The fourth-order valence-electron chi connectivity index (χ4n) is 2.67. The Hall–Kier alpha value is -1.92. The van der Waals surface area contributed by atoms with Crippen molar-refractivity contribution in [2.45, 2.75) is 32.3 Å². The third-order valence-electron chi connectivity index (χ3n) is 4.00. The van der Waals surface area contributed by atoms with Crippen molar-refractivity contribution in [2.75, 3.05) is 31.6 Å². The number of rotatable bonds is 7. The minimum atomic E-state index is -0.479. The number of nitrogens with one attached hydrogen (secondary N) is 1. The molecule has 2 rings (SSSR count). The van der Waals surface area contributed by atoms with Gasteiger partial charge in [-0.05, 0) is 50.1 Å². The van der Waals surface area contributed by atoms with Gasteiger partial charge in [-0.1, -0.05) is 6.92 Å². The summed E-state index contributed by atoms with van der Waals surface area (Å²) in [5.41, 5.74) is 6.27. The van der Waals surface area contributed by atoms with Crippen molar-refractivity contribution in [3.05, 3.63) is 29.8 Å². The Bertz CT molecular complexity index is 524. The predicted molar refractivity (Wildman–Crippen MR) is 89.3 cm³/mol. The van der Waals surface area contributed by atoms with Crippen LogP contribution in [0.1, 0.15) is 36.5 Å². The quantitative estimate of drug-likeness (QED) is 0.800. The maximum absolute atomic E-state index is 12.2. The number of hydrogen-bond donors (Lipinski definition) is 2. The van der Waals surface area contributed by atoms with Gasteiger partial charge >= 0.3 is 0 Å². The van der Waals surface area contributed by atoms with Gasteiger partial charge in [-0.2, -0.15) is 0 Å². The van der Waals surface area contributed by atoms with Gasteiger partial charge < -0.3 is 15.8 Å². The minimum absolute atomic E-state index is 0.0746. The third kappa shape index (κ3) is 5.65. The van der Waals surface area contributed by atoms with Crippen LogP contribution in [-0.2, 0) is 9.53 Å². The number of carbonyl (C=O) groups is 2. The Morgan fingerprint density at radius 3 is 2.61 bits per heavy atom. The molecule has 6 heteroatoms. The van der Waals surface area contributed by atoms with E-state index in [9.17, 15) is 9.59 Å². The lowest BCUT2D eigenvalue weighted by molar-refractivity contribution is -0.117. The molecule has 1 fully saturated rings. The summed E-state index contributed by atoms with van der Waals surface area (Å²) in [6.07, 6.45) is 3.61. The second kappa shape index (κ2) is 8.64. The summed E-state index contributed by atoms with van der Waals surface area (Å²) in [6, 6.07) is 6.56. The number of hydrogen-bond acceptors (Lipinski definition) is 4. The molecular weight excluding hydrogens is 294 g/mol. The molecule has 0 saturated carbocycles. The number of likely N-dealkylation sites (N-methyl/N-ethyl adjacent to an activating group) is 1. The van der Waals surface area contributed by atoms with Crippen LogP contribution in [0.25, 0.3) is 0 Å². The molecule has 0 radical (unpaired) electrons. The zero-order valence-corrected chi connectivity index (χ0v) is 13.6. The molecule has 0 bridgehead atoms. The topological polar surface area (TPSA) is 84.7 Å². The van der Waals surface area contributed by atoms with Crippen LogP contribution in [0.5, 0.6) is 0 Å². The van der Waals surface area contributed by atoms with Crippen LogP contribution >= 0.6 is 0 Å². The zero-order valence-electron chi connectivity index (χ0n) is 13.6. The molecule has 1 saturated heterocycles. The lowest BCUT2D eigenvalue weighted by Gasteiger charge is -2.28. The zero-order chi connectivity index (χ0) is 16.7. The molecule has 1 heterocycles. The molecule has 0 aromatic heterocycles. The lowest BCUT2D eigenvalue weighted by atomic mass is 10.1. The van der Waals surface area contributed by atoms with Crippen molar-refractivity contribution in [1.29, 1.82) is 0 Å². The number of benzene rings is 1. The van der Waals surface area contributed by atoms with Crippen molar-refractivity contribution in [2.24, 2.45) is 5.73 Å². The number of primary amides is 1. The fourth-order valence-corrected chi connectivity index (χ4v) is 2.67. The summed E-state index contributed by atoms with van der Waals surface area (Å²) in [7, 11) is 0. The first-order valence-electron chi connectivity index (χ1n) is 8.12. The van der Waals surface area contributed by atoms with E-state index >= 15 is 0 Å². The van der Waals surface area contributed by atoms with Gasteiger partial charge in [0.05, 0.1) is 12.6 Å². The van der Waals surface area contributed by atoms with E-state index in [0.29, 0.717) is 17.8 Å². The van der Waals surface area contributed by atoms with Gasteiger partial charge in [0.15, 0.2) is 0 Å². The average molecular weight is 319 g/mol. The highest BCUT2D eigenvalue weighted by Gasteiger charge is 2.18. The van der Waals surface area contributed by atoms with Gasteiger partial charge in [-0.3, -0.25) is 14.5 Å². The van der Waals surface area contributed by atoms with E-state index in [0.717, 1.165) is 32.5 Å². The molecular formula is C17H25N3O3. The number of nitrogens with two attached hydrogens (primary N) is 1. The van der Waals surface area contributed by atoms with Crippen LogP contribution in [-0.4, -0.2) is 49.1 Å². The van der Waals surface area contributed by atoms with E-state index in [1.54, 1.807) is 24.3 Å². The molecule has 1 aliphatic heterocycles. The number of carbonyl (C=O) groups excluding carboxylic acids is 2. The molecule has 0 aliphatic carbocycles. The molecule has 3 N–H and O–H groups in total. The second-order valence-corrected chi connectivity index (χ2v) is 5.81. The van der Waals surface area contributed by atoms with Crippen LogP contribution < -0.4 is 11.1 Å². The molecule has 126 valence electrons. The second-order valence-electron chi connectivity index (χ2n) is 5.81. The first-order valence-corrected chi connectivity index (χ1v) is 8.12. The van der Waals surface area contributed by atoms with Gasteiger partial charge in [0.25, 0.3) is 0 Å². The first-order chi connectivity index (χ1) is 11.1. The summed E-state index contributed by atoms with van der Waals surface area (Å²) in [6.45, 7) is 4.77. The van der Waals surface area contributed by atoms with Gasteiger partial charge in [0.2, 0.25) is 11.8 Å². The maximum atomic E-state index is 12.2. The van der Waals surface area contributed by atoms with E-state index < -0.39 is 5.91 Å². The Kier molecular flexibility index (Phi) is 6.55. The highest BCUT2D eigenvalue weighted by atomic mass is 16.5. The molecule has 1 atom stereocenters. The Balaban J connectivity index is 1.82. The van der Waals surface area contributed by atoms with E-state index in [2.05, 4.69) is 10.2 Å². The number of nitrogens with zero attached hydrogens (tertiary/aromatic N) is 1. The molecule has 1 aromatic carbocycles. The van der Waals surface area contributed by atoms with Crippen molar-refractivity contribution < 1.29 is 14.3 Å². The van der Waals surface area contributed by atoms with Gasteiger partial charge in [0, 0.05) is 24.4 Å². The third-order valence-corrected chi connectivity index (χ3v) is 4.00. The predicted octanol–water partition coefficient (Wildman–Crippen LogP) is 1.61. The van der Waals surface area contributed by atoms with Crippen LogP contribution in [0.3, 0.4) is 0 Å². The number of ether oxygens (including phenoxy) is 1. The molecule has 0 unspecified atom stereocenters. The summed E-state index contributed by atoms with van der Waals surface area (Å²) in [4.78, 5) is 25.3. The molecule has 1 aromatic rings. The average Bonchev–Trinajstić information content (AvgIpc) is 2.55. The Morgan fingerprint density at radius 2 is 2.04 bits per heavy atom. The van der Waals surface area contributed by atoms with Crippen molar-refractivity contribution in [1.82, 2.24) is 4.90 Å². The molecule has 0 spiro atoms. The van der Waals surface area contributed by atoms with Gasteiger partial charge in [0.1, 0.15) is 0 Å². The van der Waals surface area contributed by atoms with Crippen LogP contribution in [0.4, 0.5) is 5.69 Å². The maximum Gasteiger partial charge on any atom is 0.248 e. The highest BCUT2D eigenvalue weighted by Crippen LogP contribution is 2.14. The molecule has 1 aliphatic rings. The van der Waals surface area contributed by atoms with E-state index in [-0.39, 0.29) is 12.0 Å². The Morgan fingerprint density at radius 1 is 1.30 bits per heavy atom. The van der Waals surface area contributed by atoms with E-state index in [1.165, 1.54) is 6.42 Å². The van der Waals surface area contributed by atoms with Crippen LogP contribution in [0, 0.1) is 0 Å². The van der Waals surface area contributed by atoms with Crippen molar-refractivity contribution >= 4 is 17.5 Å². The van der Waals surface area contributed by atoms with Crippen LogP contribution in [0.15, 0.2) is 24.3 Å². The smallest absolute Gasteiger partial charge is 0.248 e. The Labute approximate surface area is 137 Å². The SMILES string of the molecule is CCN(CC(=O)Nc1ccc(C(N)=O)cc1)C[C@H]1CCCCO1. The van der Waals surface area contributed by atoms with Crippen LogP contribution in [0.2, 0.25) is 0 Å². The van der Waals surface area contributed by atoms with Gasteiger partial charge in [-0.15, -0.1) is 0 Å². The highest BCUT2D eigenvalue weighted by molar-refractivity contribution is 5.95. The molecule has 6 nitrogen and oxygen atoms in total. The fraction of sp³-hybridized carbons (Fsp3) is 0.529. The normalized spacial score (nSPS) is 17.9. The number of amides is 2. The van der Waals surface area contributed by atoms with Crippen molar-refractivity contribution in [3.8, 4) is 0 Å². The summed E-state index contributed by atoms with van der Waals surface area (Å²) in [5.74, 6) is -0.554. The number of anilines is 1. The minimum Gasteiger partial charge on any atom is -0.377 e. The lowest BCUT2D eigenvalue weighted by Crippen LogP contribution is -2.40. The summed E-state index contributed by atoms with van der Waals surface area (Å²) in [5, 5.41) is 2.84. The summed E-state index contributed by atoms with van der Waals surface area (Å²) >= 11 is 0. The van der Waals surface area contributed by atoms with E-state index in [1.807, 2.05) is 6.92 Å². The summed E-state index contributed by atoms with van der Waals surface area (Å²) < 4.78 is 5.73. The largest absolute Gasteiger partial charge is 0.377 e. The standard InChI is InChI=1S/C17H25N3O3/c1-2-20(11-15-5-3-4-10-23-15)12-16(21)19-14-8-6-13(7-9-14)17(18)22/h6-9,15H,2-5,10-12H2,1H3,(H2,18,22)(H,19,21)/t15-/m1/s1. The molecule has 23 heavy (non-hydrogen) atoms. The van der Waals surface area contributed by atoms with E-state index in [4.69, 9.17) is 10.5 Å². The first kappa shape index (κ1) is 17.4. The molecule has 2 amide bonds.